The number of nitrogens with one attached hydrogen (secondary N) is 1. The molecule has 0 bridgehead atoms. The van der Waals surface area contributed by atoms with Gasteiger partial charge in [-0.2, -0.15) is 5.10 Å². The van der Waals surface area contributed by atoms with Crippen LogP contribution in [0.15, 0.2) is 65.3 Å². The SMILES string of the molecule is CCOc1ccc(Cn2cc(NC(=O)c3ccc(COc4ccc(C)c(C)c4)o3)cn2)cc1OCC. The zero-order chi connectivity index (χ0) is 25.5. The summed E-state index contributed by atoms with van der Waals surface area (Å²) in [5, 5.41) is 7.17. The van der Waals surface area contributed by atoms with E-state index in [9.17, 15) is 4.79 Å². The smallest absolute Gasteiger partial charge is 0.291 e. The van der Waals surface area contributed by atoms with E-state index < -0.39 is 0 Å². The molecule has 1 N–H and O–H groups in total. The number of aryl methyl sites for hydroxylation is 2. The van der Waals surface area contributed by atoms with Crippen molar-refractivity contribution < 1.29 is 23.4 Å². The lowest BCUT2D eigenvalue weighted by atomic mass is 10.1. The van der Waals surface area contributed by atoms with Crippen LogP contribution in [-0.2, 0) is 13.2 Å². The summed E-state index contributed by atoms with van der Waals surface area (Å²) in [4.78, 5) is 12.7. The highest BCUT2D eigenvalue weighted by Crippen LogP contribution is 2.29. The van der Waals surface area contributed by atoms with Crippen molar-refractivity contribution in [1.29, 1.82) is 0 Å². The van der Waals surface area contributed by atoms with E-state index in [1.807, 2.05) is 57.2 Å². The molecule has 0 spiro atoms. The zero-order valence-electron chi connectivity index (χ0n) is 21.0. The molecule has 1 amide bonds. The lowest BCUT2D eigenvalue weighted by molar-refractivity contribution is 0.0992. The fourth-order valence-electron chi connectivity index (χ4n) is 3.62. The van der Waals surface area contributed by atoms with Gasteiger partial charge in [-0.25, -0.2) is 0 Å². The fourth-order valence-corrected chi connectivity index (χ4v) is 3.62. The second-order valence-electron chi connectivity index (χ2n) is 8.33. The number of amides is 1. The molecule has 0 fully saturated rings. The molecule has 8 heteroatoms. The Bertz CT molecular complexity index is 1320. The monoisotopic (exact) mass is 489 g/mol. The van der Waals surface area contributed by atoms with E-state index in [0.29, 0.717) is 42.7 Å². The van der Waals surface area contributed by atoms with Crippen LogP contribution < -0.4 is 19.5 Å². The third kappa shape index (κ3) is 6.27. The highest BCUT2D eigenvalue weighted by Gasteiger charge is 2.14. The summed E-state index contributed by atoms with van der Waals surface area (Å²) < 4.78 is 24.5. The van der Waals surface area contributed by atoms with Crippen LogP contribution in [-0.4, -0.2) is 28.9 Å². The fraction of sp³-hybridized carbons (Fsp3) is 0.286. The molecular weight excluding hydrogens is 458 g/mol. The predicted octanol–water partition coefficient (Wildman–Crippen LogP) is 5.77. The Balaban J connectivity index is 1.34. The number of nitrogens with zero attached hydrogens (tertiary/aromatic N) is 2. The molecule has 0 aliphatic carbocycles. The van der Waals surface area contributed by atoms with Gasteiger partial charge in [0.25, 0.3) is 5.91 Å². The van der Waals surface area contributed by atoms with E-state index in [1.165, 1.54) is 5.56 Å². The number of aromatic nitrogens is 2. The number of carbonyl (C=O) groups excluding carboxylic acids is 1. The Morgan fingerprint density at radius 1 is 0.944 bits per heavy atom. The Morgan fingerprint density at radius 3 is 2.53 bits per heavy atom. The van der Waals surface area contributed by atoms with E-state index in [4.69, 9.17) is 18.6 Å². The van der Waals surface area contributed by atoms with Crippen molar-refractivity contribution in [2.24, 2.45) is 0 Å². The number of furan rings is 1. The summed E-state index contributed by atoms with van der Waals surface area (Å²) in [6.07, 6.45) is 3.37. The lowest BCUT2D eigenvalue weighted by Crippen LogP contribution is -2.10. The van der Waals surface area contributed by atoms with Gasteiger partial charge < -0.3 is 23.9 Å². The van der Waals surface area contributed by atoms with Crippen LogP contribution in [0.1, 0.15) is 46.9 Å². The first-order valence-electron chi connectivity index (χ1n) is 12.0. The summed E-state index contributed by atoms with van der Waals surface area (Å²) in [5.41, 5.74) is 3.94. The van der Waals surface area contributed by atoms with Gasteiger partial charge in [0.05, 0.1) is 31.6 Å². The van der Waals surface area contributed by atoms with E-state index in [1.54, 1.807) is 29.2 Å². The molecule has 0 saturated heterocycles. The molecule has 0 aliphatic rings. The first kappa shape index (κ1) is 24.9. The van der Waals surface area contributed by atoms with Crippen molar-refractivity contribution in [2.75, 3.05) is 18.5 Å². The topological polar surface area (TPSA) is 87.8 Å². The van der Waals surface area contributed by atoms with Crippen LogP contribution in [0, 0.1) is 13.8 Å². The molecule has 0 saturated carbocycles. The van der Waals surface area contributed by atoms with Crippen LogP contribution in [0.25, 0.3) is 0 Å². The van der Waals surface area contributed by atoms with Crippen molar-refractivity contribution in [3.63, 3.8) is 0 Å². The van der Waals surface area contributed by atoms with Crippen LogP contribution >= 0.6 is 0 Å². The maximum atomic E-state index is 12.7. The van der Waals surface area contributed by atoms with E-state index in [0.717, 1.165) is 16.9 Å². The average molecular weight is 490 g/mol. The van der Waals surface area contributed by atoms with Crippen molar-refractivity contribution in [1.82, 2.24) is 9.78 Å². The third-order valence-electron chi connectivity index (χ3n) is 5.59. The molecule has 0 atom stereocenters. The quantitative estimate of drug-likeness (QED) is 0.288. The summed E-state index contributed by atoms with van der Waals surface area (Å²) >= 11 is 0. The van der Waals surface area contributed by atoms with Crippen molar-refractivity contribution in [2.45, 2.75) is 40.8 Å². The standard InChI is InChI=1S/C28H31N3O5/c1-5-33-25-11-8-21(14-27(25)34-6-2)16-31-17-22(15-29-31)30-28(32)26-12-10-24(36-26)18-35-23-9-7-19(3)20(4)13-23/h7-15,17H,5-6,16,18H2,1-4H3,(H,30,32). The Kier molecular flexibility index (Phi) is 7.95. The summed E-state index contributed by atoms with van der Waals surface area (Å²) in [5.74, 6) is 2.59. The number of hydrogen-bond acceptors (Lipinski definition) is 6. The lowest BCUT2D eigenvalue weighted by Gasteiger charge is -2.12. The molecule has 188 valence electrons. The number of carbonyl (C=O) groups is 1. The van der Waals surface area contributed by atoms with E-state index >= 15 is 0 Å². The number of ether oxygens (including phenoxy) is 3. The van der Waals surface area contributed by atoms with Crippen molar-refractivity contribution >= 4 is 11.6 Å². The van der Waals surface area contributed by atoms with E-state index in [2.05, 4.69) is 17.3 Å². The third-order valence-corrected chi connectivity index (χ3v) is 5.59. The number of hydrogen-bond donors (Lipinski definition) is 1. The van der Waals surface area contributed by atoms with Crippen LogP contribution in [0.5, 0.6) is 17.2 Å². The number of anilines is 1. The number of benzene rings is 2. The van der Waals surface area contributed by atoms with Crippen molar-refractivity contribution in [3.05, 3.63) is 89.1 Å². The van der Waals surface area contributed by atoms with Gasteiger partial charge in [0, 0.05) is 6.20 Å². The van der Waals surface area contributed by atoms with Crippen LogP contribution in [0.4, 0.5) is 5.69 Å². The molecule has 36 heavy (non-hydrogen) atoms. The first-order valence-corrected chi connectivity index (χ1v) is 12.0. The van der Waals surface area contributed by atoms with Gasteiger partial charge in [0.1, 0.15) is 18.1 Å². The molecule has 2 aromatic carbocycles. The molecule has 0 unspecified atom stereocenters. The maximum absolute atomic E-state index is 12.7. The molecule has 8 nitrogen and oxygen atoms in total. The highest BCUT2D eigenvalue weighted by atomic mass is 16.5. The van der Waals surface area contributed by atoms with E-state index in [-0.39, 0.29) is 18.3 Å². The Morgan fingerprint density at radius 2 is 1.75 bits per heavy atom. The minimum atomic E-state index is -0.355. The van der Waals surface area contributed by atoms with Crippen molar-refractivity contribution in [3.8, 4) is 17.2 Å². The van der Waals surface area contributed by atoms with Crippen LogP contribution in [0.3, 0.4) is 0 Å². The van der Waals surface area contributed by atoms with Gasteiger partial charge >= 0.3 is 0 Å². The van der Waals surface area contributed by atoms with Gasteiger partial charge in [-0.05, 0) is 80.8 Å². The predicted molar refractivity (Wildman–Crippen MR) is 137 cm³/mol. The molecule has 0 aliphatic heterocycles. The molecule has 0 radical (unpaired) electrons. The van der Waals surface area contributed by atoms with Gasteiger partial charge in [-0.3, -0.25) is 9.48 Å². The number of rotatable bonds is 11. The molecule has 2 aromatic heterocycles. The summed E-state index contributed by atoms with van der Waals surface area (Å²) in [6.45, 7) is 9.83. The Labute approximate surface area is 210 Å². The van der Waals surface area contributed by atoms with Gasteiger partial charge in [0.2, 0.25) is 0 Å². The van der Waals surface area contributed by atoms with Gasteiger partial charge in [-0.1, -0.05) is 12.1 Å². The second kappa shape index (κ2) is 11.5. The summed E-state index contributed by atoms with van der Waals surface area (Å²) in [7, 11) is 0. The average Bonchev–Trinajstić information content (AvgIpc) is 3.51. The minimum Gasteiger partial charge on any atom is -0.490 e. The zero-order valence-corrected chi connectivity index (χ0v) is 21.0. The normalized spacial score (nSPS) is 10.8. The second-order valence-corrected chi connectivity index (χ2v) is 8.33. The first-order chi connectivity index (χ1) is 17.4. The van der Waals surface area contributed by atoms with Gasteiger partial charge in [-0.15, -0.1) is 0 Å². The van der Waals surface area contributed by atoms with Gasteiger partial charge in [0.15, 0.2) is 17.3 Å². The molecular formula is C28H31N3O5. The minimum absolute atomic E-state index is 0.203. The molecule has 4 aromatic rings. The largest absolute Gasteiger partial charge is 0.490 e. The maximum Gasteiger partial charge on any atom is 0.291 e. The molecule has 4 rings (SSSR count). The highest BCUT2D eigenvalue weighted by molar-refractivity contribution is 6.02. The summed E-state index contributed by atoms with van der Waals surface area (Å²) in [6, 6.07) is 15.1. The Hall–Kier alpha value is -4.20. The van der Waals surface area contributed by atoms with Crippen LogP contribution in [0.2, 0.25) is 0 Å². The molecule has 2 heterocycles.